The largest absolute Gasteiger partial charge is 0.416 e. The van der Waals surface area contributed by atoms with Gasteiger partial charge in [-0.05, 0) is 17.5 Å². The van der Waals surface area contributed by atoms with Crippen LogP contribution in [0.3, 0.4) is 0 Å². The lowest BCUT2D eigenvalue weighted by Gasteiger charge is -2.24. The zero-order valence-electron chi connectivity index (χ0n) is 13.9. The van der Waals surface area contributed by atoms with Crippen molar-refractivity contribution >= 4 is 29.9 Å². The Kier molecular flexibility index (Phi) is 8.37. The molecule has 132 valence electrons. The van der Waals surface area contributed by atoms with E-state index >= 15 is 0 Å². The predicted octanol–water partition coefficient (Wildman–Crippen LogP) is 4.16. The summed E-state index contributed by atoms with van der Waals surface area (Å²) in [5.41, 5.74) is 5.17. The molecular weight excluding hydrogens is 418 g/mol. The highest BCUT2D eigenvalue weighted by molar-refractivity contribution is 14.0. The maximum absolute atomic E-state index is 12.8. The molecule has 0 spiro atoms. The zero-order valence-corrected chi connectivity index (χ0v) is 16.2. The summed E-state index contributed by atoms with van der Waals surface area (Å²) in [5, 5.41) is 2.99. The summed E-state index contributed by atoms with van der Waals surface area (Å²) >= 11 is 0. The van der Waals surface area contributed by atoms with Crippen molar-refractivity contribution in [3.05, 3.63) is 35.4 Å². The fourth-order valence-corrected chi connectivity index (χ4v) is 1.86. The van der Waals surface area contributed by atoms with Gasteiger partial charge in [-0.1, -0.05) is 45.9 Å². The van der Waals surface area contributed by atoms with E-state index in [-0.39, 0.29) is 24.0 Å². The third-order valence-corrected chi connectivity index (χ3v) is 3.31. The second kappa shape index (κ2) is 8.75. The van der Waals surface area contributed by atoms with Crippen molar-refractivity contribution in [2.75, 3.05) is 13.1 Å². The first kappa shape index (κ1) is 22.0. The second-order valence-corrected chi connectivity index (χ2v) is 6.44. The van der Waals surface area contributed by atoms with Crippen molar-refractivity contribution < 1.29 is 13.2 Å². The van der Waals surface area contributed by atoms with Crippen LogP contribution in [0.15, 0.2) is 29.3 Å². The Hall–Kier alpha value is -0.990. The number of hydrogen-bond acceptors (Lipinski definition) is 1. The highest BCUT2D eigenvalue weighted by atomic mass is 127. The normalized spacial score (nSPS) is 13.0. The quantitative estimate of drug-likeness (QED) is 0.408. The molecule has 0 radical (unpaired) electrons. The third-order valence-electron chi connectivity index (χ3n) is 3.31. The van der Waals surface area contributed by atoms with Crippen LogP contribution in [-0.4, -0.2) is 19.0 Å². The summed E-state index contributed by atoms with van der Waals surface area (Å²) in [7, 11) is 0. The van der Waals surface area contributed by atoms with Crippen molar-refractivity contribution in [2.24, 2.45) is 16.6 Å². The number of nitrogens with zero attached hydrogens (tertiary/aromatic N) is 1. The molecule has 0 aliphatic rings. The SMILES string of the molecule is CC(C)CNC(N)=NCC(C)(C)c1cccc(C(F)(F)F)c1.I. The van der Waals surface area contributed by atoms with E-state index in [4.69, 9.17) is 5.73 Å². The summed E-state index contributed by atoms with van der Waals surface area (Å²) in [6.45, 7) is 8.81. The Bertz CT molecular complexity index is 526. The van der Waals surface area contributed by atoms with E-state index in [1.807, 2.05) is 27.7 Å². The van der Waals surface area contributed by atoms with Crippen LogP contribution in [0.4, 0.5) is 13.2 Å². The Morgan fingerprint density at radius 2 is 1.78 bits per heavy atom. The molecule has 23 heavy (non-hydrogen) atoms. The monoisotopic (exact) mass is 443 g/mol. The fourth-order valence-electron chi connectivity index (χ4n) is 1.86. The van der Waals surface area contributed by atoms with E-state index in [1.54, 1.807) is 6.07 Å². The minimum Gasteiger partial charge on any atom is -0.370 e. The first-order chi connectivity index (χ1) is 10.0. The Labute approximate surface area is 153 Å². The number of nitrogens with one attached hydrogen (secondary N) is 1. The summed E-state index contributed by atoms with van der Waals surface area (Å²) in [6.07, 6.45) is -4.34. The summed E-state index contributed by atoms with van der Waals surface area (Å²) < 4.78 is 38.4. The molecule has 0 saturated carbocycles. The van der Waals surface area contributed by atoms with Gasteiger partial charge in [-0.25, -0.2) is 0 Å². The number of guanidine groups is 1. The van der Waals surface area contributed by atoms with Gasteiger partial charge in [-0.15, -0.1) is 24.0 Å². The van der Waals surface area contributed by atoms with Crippen LogP contribution in [-0.2, 0) is 11.6 Å². The maximum Gasteiger partial charge on any atom is 0.416 e. The van der Waals surface area contributed by atoms with Crippen LogP contribution in [0.2, 0.25) is 0 Å². The second-order valence-electron chi connectivity index (χ2n) is 6.44. The maximum atomic E-state index is 12.8. The van der Waals surface area contributed by atoms with E-state index < -0.39 is 17.2 Å². The number of hydrogen-bond donors (Lipinski definition) is 2. The molecule has 0 aliphatic carbocycles. The van der Waals surface area contributed by atoms with Crippen molar-refractivity contribution in [3.63, 3.8) is 0 Å². The van der Waals surface area contributed by atoms with Crippen LogP contribution >= 0.6 is 24.0 Å². The smallest absolute Gasteiger partial charge is 0.370 e. The molecule has 3 N–H and O–H groups in total. The molecule has 0 amide bonds. The van der Waals surface area contributed by atoms with Crippen molar-refractivity contribution in [3.8, 4) is 0 Å². The molecule has 1 aromatic carbocycles. The summed E-state index contributed by atoms with van der Waals surface area (Å²) in [6, 6.07) is 5.35. The van der Waals surface area contributed by atoms with Crippen LogP contribution < -0.4 is 11.1 Å². The molecule has 7 heteroatoms. The molecule has 3 nitrogen and oxygen atoms in total. The highest BCUT2D eigenvalue weighted by Crippen LogP contribution is 2.32. The highest BCUT2D eigenvalue weighted by Gasteiger charge is 2.32. The first-order valence-electron chi connectivity index (χ1n) is 7.24. The number of aliphatic imine (C=N–C) groups is 1. The molecule has 0 aliphatic heterocycles. The van der Waals surface area contributed by atoms with Crippen LogP contribution in [0.5, 0.6) is 0 Å². The molecule has 1 aromatic rings. The van der Waals surface area contributed by atoms with Gasteiger partial charge in [-0.3, -0.25) is 4.99 Å². The number of alkyl halides is 3. The van der Waals surface area contributed by atoms with Crippen LogP contribution in [0, 0.1) is 5.92 Å². The Morgan fingerprint density at radius 3 is 2.30 bits per heavy atom. The van der Waals surface area contributed by atoms with Gasteiger partial charge < -0.3 is 11.1 Å². The molecular formula is C16H25F3IN3. The molecule has 0 atom stereocenters. The van der Waals surface area contributed by atoms with Gasteiger partial charge >= 0.3 is 6.18 Å². The zero-order chi connectivity index (χ0) is 17.0. The molecule has 1 rings (SSSR count). The molecule has 0 aromatic heterocycles. The molecule has 0 fully saturated rings. The topological polar surface area (TPSA) is 50.4 Å². The van der Waals surface area contributed by atoms with Crippen molar-refractivity contribution in [1.29, 1.82) is 0 Å². The average Bonchev–Trinajstić information content (AvgIpc) is 2.42. The van der Waals surface area contributed by atoms with Gasteiger partial charge in [0.2, 0.25) is 0 Å². The van der Waals surface area contributed by atoms with E-state index in [2.05, 4.69) is 10.3 Å². The van der Waals surface area contributed by atoms with E-state index in [0.717, 1.165) is 6.07 Å². The minimum atomic E-state index is -4.34. The number of halogens is 4. The number of nitrogens with two attached hydrogens (primary N) is 1. The van der Waals surface area contributed by atoms with Gasteiger partial charge in [0.25, 0.3) is 0 Å². The first-order valence-corrected chi connectivity index (χ1v) is 7.24. The number of benzene rings is 1. The van der Waals surface area contributed by atoms with E-state index in [0.29, 0.717) is 30.5 Å². The van der Waals surface area contributed by atoms with Gasteiger partial charge in [-0.2, -0.15) is 13.2 Å². The molecule has 0 heterocycles. The van der Waals surface area contributed by atoms with Crippen molar-refractivity contribution in [1.82, 2.24) is 5.32 Å². The minimum absolute atomic E-state index is 0. The van der Waals surface area contributed by atoms with Gasteiger partial charge in [0.1, 0.15) is 0 Å². The lowest BCUT2D eigenvalue weighted by Crippen LogP contribution is -2.35. The molecule has 0 saturated heterocycles. The van der Waals surface area contributed by atoms with E-state index in [1.165, 1.54) is 12.1 Å². The standard InChI is InChI=1S/C16H24F3N3.HI/c1-11(2)9-21-14(20)22-10-15(3,4)12-6-5-7-13(8-12)16(17,18)19;/h5-8,11H,9-10H2,1-4H3,(H3,20,21,22);1H. The van der Waals surface area contributed by atoms with Crippen LogP contribution in [0.25, 0.3) is 0 Å². The summed E-state index contributed by atoms with van der Waals surface area (Å²) in [4.78, 5) is 4.24. The van der Waals surface area contributed by atoms with Crippen LogP contribution in [0.1, 0.15) is 38.8 Å². The summed E-state index contributed by atoms with van der Waals surface area (Å²) in [5.74, 6) is 0.749. The van der Waals surface area contributed by atoms with Crippen molar-refractivity contribution in [2.45, 2.75) is 39.3 Å². The predicted molar refractivity (Wildman–Crippen MR) is 99.2 cm³/mol. The molecule has 0 unspecified atom stereocenters. The average molecular weight is 443 g/mol. The Morgan fingerprint density at radius 1 is 1.22 bits per heavy atom. The van der Waals surface area contributed by atoms with Gasteiger partial charge in [0.15, 0.2) is 5.96 Å². The van der Waals surface area contributed by atoms with Gasteiger partial charge in [0, 0.05) is 12.0 Å². The number of rotatable bonds is 5. The fraction of sp³-hybridized carbons (Fsp3) is 0.562. The van der Waals surface area contributed by atoms with E-state index in [9.17, 15) is 13.2 Å². The lowest BCUT2D eigenvalue weighted by atomic mass is 9.84. The Balaban J connectivity index is 0.00000484. The third kappa shape index (κ3) is 7.41. The lowest BCUT2D eigenvalue weighted by molar-refractivity contribution is -0.137. The van der Waals surface area contributed by atoms with Gasteiger partial charge in [0.05, 0.1) is 12.1 Å². The molecule has 0 bridgehead atoms.